The molecule has 7 nitrogen and oxygen atoms in total. The first kappa shape index (κ1) is 29.1. The van der Waals surface area contributed by atoms with Crippen LogP contribution in [-0.2, 0) is 25.2 Å². The van der Waals surface area contributed by atoms with Crippen molar-refractivity contribution < 1.29 is 27.8 Å². The SMILES string of the molecule is CN(C(=O)OC(C)(C)C)C1=N[C@@H]2[C@@H](F)[C@@H](OCc3ccccc3)[C@@H](CO[Si](C)(C)C(C)(C)C)O[C@@H]2S1. The van der Waals surface area contributed by atoms with Crippen LogP contribution in [0, 0.1) is 0 Å². The van der Waals surface area contributed by atoms with E-state index >= 15 is 4.39 Å². The van der Waals surface area contributed by atoms with E-state index in [-0.39, 0.29) is 18.3 Å². The third-order valence-electron chi connectivity index (χ3n) is 6.73. The zero-order chi connectivity index (χ0) is 26.9. The number of rotatable bonds is 6. The molecule has 0 aromatic heterocycles. The zero-order valence-electron chi connectivity index (χ0n) is 22.9. The van der Waals surface area contributed by atoms with E-state index in [2.05, 4.69) is 38.9 Å². The minimum Gasteiger partial charge on any atom is -0.443 e. The topological polar surface area (TPSA) is 69.6 Å². The molecule has 36 heavy (non-hydrogen) atoms. The normalized spacial score (nSPS) is 26.8. The summed E-state index contributed by atoms with van der Waals surface area (Å²) in [6.07, 6.45) is -3.42. The average Bonchev–Trinajstić information content (AvgIpc) is 3.20. The Morgan fingerprint density at radius 3 is 2.39 bits per heavy atom. The van der Waals surface area contributed by atoms with Gasteiger partial charge in [-0.2, -0.15) is 0 Å². The fourth-order valence-electron chi connectivity index (χ4n) is 3.55. The van der Waals surface area contributed by atoms with Crippen LogP contribution < -0.4 is 0 Å². The predicted molar refractivity (Wildman–Crippen MR) is 145 cm³/mol. The lowest BCUT2D eigenvalue weighted by Crippen LogP contribution is -2.56. The molecule has 3 rings (SSSR count). The van der Waals surface area contributed by atoms with Crippen LogP contribution in [0.1, 0.15) is 47.1 Å². The van der Waals surface area contributed by atoms with Gasteiger partial charge in [-0.25, -0.2) is 9.18 Å². The van der Waals surface area contributed by atoms with Gasteiger partial charge in [-0.15, -0.1) is 0 Å². The van der Waals surface area contributed by atoms with Crippen LogP contribution in [0.25, 0.3) is 0 Å². The molecule has 2 aliphatic heterocycles. The molecule has 0 aliphatic carbocycles. The highest BCUT2D eigenvalue weighted by Crippen LogP contribution is 2.41. The van der Waals surface area contributed by atoms with Crippen LogP contribution in [0.3, 0.4) is 0 Å². The summed E-state index contributed by atoms with van der Waals surface area (Å²) in [6, 6.07) is 8.87. The van der Waals surface area contributed by atoms with E-state index in [0.717, 1.165) is 5.56 Å². The number of amidine groups is 1. The van der Waals surface area contributed by atoms with E-state index in [4.69, 9.17) is 18.6 Å². The Bertz CT molecular complexity index is 935. The Labute approximate surface area is 220 Å². The van der Waals surface area contributed by atoms with Crippen molar-refractivity contribution in [2.75, 3.05) is 13.7 Å². The second kappa shape index (κ2) is 11.1. The molecule has 1 amide bonds. The molecular weight excluding hydrogens is 499 g/mol. The van der Waals surface area contributed by atoms with E-state index in [1.54, 1.807) is 27.8 Å². The number of thioether (sulfide) groups is 1. The van der Waals surface area contributed by atoms with Crippen molar-refractivity contribution in [1.29, 1.82) is 0 Å². The van der Waals surface area contributed by atoms with Gasteiger partial charge in [0.25, 0.3) is 0 Å². The molecule has 2 heterocycles. The van der Waals surface area contributed by atoms with Crippen molar-refractivity contribution in [3.05, 3.63) is 35.9 Å². The van der Waals surface area contributed by atoms with Gasteiger partial charge in [0, 0.05) is 7.05 Å². The third-order valence-corrected chi connectivity index (χ3v) is 12.4. The van der Waals surface area contributed by atoms with Crippen molar-refractivity contribution in [2.45, 2.75) is 102 Å². The molecule has 2 aliphatic rings. The predicted octanol–water partition coefficient (Wildman–Crippen LogP) is 5.99. The van der Waals surface area contributed by atoms with E-state index in [1.807, 2.05) is 30.3 Å². The lowest BCUT2D eigenvalue weighted by Gasteiger charge is -2.42. The number of alkyl halides is 1. The third kappa shape index (κ3) is 7.09. The van der Waals surface area contributed by atoms with Crippen molar-refractivity contribution in [3.8, 4) is 0 Å². The van der Waals surface area contributed by atoms with E-state index in [1.165, 1.54) is 16.7 Å². The van der Waals surface area contributed by atoms with Gasteiger partial charge in [0.05, 0.1) is 13.2 Å². The monoisotopic (exact) mass is 540 g/mol. The zero-order valence-corrected chi connectivity index (χ0v) is 24.7. The van der Waals surface area contributed by atoms with Gasteiger partial charge in [-0.1, -0.05) is 62.9 Å². The first-order valence-corrected chi connectivity index (χ1v) is 16.2. The van der Waals surface area contributed by atoms with Gasteiger partial charge in [-0.05, 0) is 44.5 Å². The Morgan fingerprint density at radius 1 is 1.17 bits per heavy atom. The number of ether oxygens (including phenoxy) is 3. The minimum atomic E-state index is -2.09. The second-order valence-corrected chi connectivity index (χ2v) is 17.8. The maximum absolute atomic E-state index is 16.0. The number of carbonyl (C=O) groups is 1. The molecule has 0 radical (unpaired) electrons. The van der Waals surface area contributed by atoms with Gasteiger partial charge in [0.15, 0.2) is 19.7 Å². The molecule has 0 saturated carbocycles. The summed E-state index contributed by atoms with van der Waals surface area (Å²) >= 11 is 1.23. The molecule has 1 saturated heterocycles. The van der Waals surface area contributed by atoms with Crippen molar-refractivity contribution in [2.24, 2.45) is 4.99 Å². The highest BCUT2D eigenvalue weighted by atomic mass is 32.2. The molecule has 202 valence electrons. The van der Waals surface area contributed by atoms with Gasteiger partial charge in [0.2, 0.25) is 0 Å². The van der Waals surface area contributed by atoms with Crippen LogP contribution in [0.15, 0.2) is 35.3 Å². The van der Waals surface area contributed by atoms with E-state index < -0.39 is 49.9 Å². The highest BCUT2D eigenvalue weighted by Gasteiger charge is 2.52. The number of amides is 1. The number of nitrogens with zero attached hydrogens (tertiary/aromatic N) is 2. The summed E-state index contributed by atoms with van der Waals surface area (Å²) < 4.78 is 40.3. The molecule has 1 aromatic carbocycles. The molecule has 10 heteroatoms. The lowest BCUT2D eigenvalue weighted by atomic mass is 9.99. The molecule has 1 fully saturated rings. The summed E-state index contributed by atoms with van der Waals surface area (Å²) in [5.74, 6) is 0. The molecule has 0 spiro atoms. The van der Waals surface area contributed by atoms with Crippen LogP contribution in [0.2, 0.25) is 18.1 Å². The standard InChI is InChI=1S/C26H41FN2O5SSi/c1-25(2,3)34-24(30)29(7)23-28-20-19(27)21(31-15-17-13-11-10-12-14-17)18(33-22(20)35-23)16-32-36(8,9)26(4,5)6/h10-14,18-22H,15-16H2,1-9H3/t18-,19-,20-,21+,22-/m1/s1. The number of hydrogen-bond donors (Lipinski definition) is 0. The van der Waals surface area contributed by atoms with Gasteiger partial charge < -0.3 is 18.6 Å². The summed E-state index contributed by atoms with van der Waals surface area (Å²) in [4.78, 5) is 18.4. The lowest BCUT2D eigenvalue weighted by molar-refractivity contribution is -0.169. The number of halogens is 1. The molecule has 0 bridgehead atoms. The van der Waals surface area contributed by atoms with E-state index in [0.29, 0.717) is 5.17 Å². The Kier molecular flexibility index (Phi) is 8.98. The average molecular weight is 541 g/mol. The summed E-state index contributed by atoms with van der Waals surface area (Å²) in [5, 5.41) is 0.378. The van der Waals surface area contributed by atoms with Crippen LogP contribution in [0.5, 0.6) is 0 Å². The quantitative estimate of drug-likeness (QED) is 0.413. The summed E-state index contributed by atoms with van der Waals surface area (Å²) in [7, 11) is -0.518. The van der Waals surface area contributed by atoms with Crippen LogP contribution in [0.4, 0.5) is 9.18 Å². The van der Waals surface area contributed by atoms with Crippen molar-refractivity contribution >= 4 is 31.3 Å². The molecule has 1 aromatic rings. The van der Waals surface area contributed by atoms with Crippen molar-refractivity contribution in [3.63, 3.8) is 0 Å². The Balaban J connectivity index is 1.78. The number of fused-ring (bicyclic) bond motifs is 1. The largest absolute Gasteiger partial charge is 0.443 e. The first-order chi connectivity index (χ1) is 16.6. The van der Waals surface area contributed by atoms with Crippen LogP contribution >= 0.6 is 11.8 Å². The van der Waals surface area contributed by atoms with Gasteiger partial charge in [0.1, 0.15) is 29.3 Å². The smallest absolute Gasteiger partial charge is 0.416 e. The van der Waals surface area contributed by atoms with Crippen LogP contribution in [-0.4, -0.2) is 73.6 Å². The number of hydrogen-bond acceptors (Lipinski definition) is 7. The number of aliphatic imine (C=N–C) groups is 1. The second-order valence-electron chi connectivity index (χ2n) is 11.9. The molecular formula is C26H41FN2O5SSi. The number of carbonyl (C=O) groups excluding carboxylic acids is 1. The first-order valence-electron chi connectivity index (χ1n) is 12.4. The number of benzene rings is 1. The fraction of sp³-hybridized carbons (Fsp3) is 0.692. The summed E-state index contributed by atoms with van der Waals surface area (Å²) in [5.41, 5.74) is -0.279. The maximum atomic E-state index is 16.0. The summed E-state index contributed by atoms with van der Waals surface area (Å²) in [6.45, 7) is 16.7. The van der Waals surface area contributed by atoms with E-state index in [9.17, 15) is 4.79 Å². The minimum absolute atomic E-state index is 0.00816. The van der Waals surface area contributed by atoms with Crippen molar-refractivity contribution in [1.82, 2.24) is 4.90 Å². The molecule has 5 atom stereocenters. The fourth-order valence-corrected chi connectivity index (χ4v) is 5.74. The molecule has 0 N–H and O–H groups in total. The Morgan fingerprint density at radius 2 is 1.81 bits per heavy atom. The van der Waals surface area contributed by atoms with Gasteiger partial charge >= 0.3 is 6.09 Å². The maximum Gasteiger partial charge on any atom is 0.416 e. The van der Waals surface area contributed by atoms with Gasteiger partial charge in [-0.3, -0.25) is 9.89 Å². The molecule has 0 unspecified atom stereocenters. The highest BCUT2D eigenvalue weighted by molar-refractivity contribution is 8.14. The Hall–Kier alpha value is -1.46.